The highest BCUT2D eigenvalue weighted by Crippen LogP contribution is 2.48. The van der Waals surface area contributed by atoms with Gasteiger partial charge in [-0.1, -0.05) is 51.4 Å². The van der Waals surface area contributed by atoms with Crippen LogP contribution in [-0.4, -0.2) is 18.8 Å². The van der Waals surface area contributed by atoms with Crippen LogP contribution in [-0.2, 0) is 21.5 Å². The van der Waals surface area contributed by atoms with Gasteiger partial charge in [0.25, 0.3) is 0 Å². The molecule has 25 heavy (non-hydrogen) atoms. The average molecular weight is 366 g/mol. The van der Waals surface area contributed by atoms with E-state index in [0.29, 0.717) is 30.5 Å². The Hall–Kier alpha value is -0.610. The van der Waals surface area contributed by atoms with E-state index < -0.39 is 0 Å². The maximum absolute atomic E-state index is 6.65. The van der Waals surface area contributed by atoms with Crippen LogP contribution in [0, 0.1) is 17.3 Å². The van der Waals surface area contributed by atoms with Gasteiger partial charge in [0.1, 0.15) is 0 Å². The number of hydrogen-bond acceptors (Lipinski definition) is 3. The Labute approximate surface area is 157 Å². The molecule has 3 unspecified atom stereocenters. The predicted molar refractivity (Wildman–Crippen MR) is 103 cm³/mol. The average Bonchev–Trinajstić information content (AvgIpc) is 2.95. The normalized spacial score (nSPS) is 31.8. The highest BCUT2D eigenvalue weighted by atomic mass is 35.5. The van der Waals surface area contributed by atoms with Gasteiger partial charge in [0.2, 0.25) is 0 Å². The van der Waals surface area contributed by atoms with E-state index in [0.717, 1.165) is 17.9 Å². The van der Waals surface area contributed by atoms with Gasteiger partial charge in [0, 0.05) is 10.9 Å². The van der Waals surface area contributed by atoms with Crippen LogP contribution in [0.3, 0.4) is 0 Å². The number of fused-ring (bicyclic) bond motifs is 1. The van der Waals surface area contributed by atoms with E-state index in [2.05, 4.69) is 65.2 Å². The van der Waals surface area contributed by atoms with Crippen LogP contribution in [0.25, 0.3) is 0 Å². The summed E-state index contributed by atoms with van der Waals surface area (Å²) >= 11 is 6.65. The molecule has 0 radical (unpaired) electrons. The third-order valence-corrected chi connectivity index (χ3v) is 6.59. The third kappa shape index (κ3) is 3.62. The largest absolute Gasteiger partial charge is 0.373 e. The minimum absolute atomic E-state index is 0.139. The smallest absolute Gasteiger partial charge is 0.0968 e. The maximum atomic E-state index is 6.65. The molecule has 2 heterocycles. The molecule has 3 rings (SSSR count). The van der Waals surface area contributed by atoms with Gasteiger partial charge >= 0.3 is 0 Å². The van der Waals surface area contributed by atoms with Crippen molar-refractivity contribution in [3.63, 3.8) is 0 Å². The van der Waals surface area contributed by atoms with Gasteiger partial charge in [-0.3, -0.25) is 0 Å². The molecule has 3 atom stereocenters. The van der Waals surface area contributed by atoms with Gasteiger partial charge in [-0.15, -0.1) is 0 Å². The van der Waals surface area contributed by atoms with Gasteiger partial charge in [0.05, 0.1) is 24.4 Å². The molecule has 0 aromatic heterocycles. The molecule has 0 spiro atoms. The van der Waals surface area contributed by atoms with Gasteiger partial charge in [-0.05, 0) is 55.2 Å². The molecule has 0 bridgehead atoms. The number of nitrogens with one attached hydrogen (secondary N) is 1. The molecule has 140 valence electrons. The number of rotatable bonds is 3. The van der Waals surface area contributed by atoms with E-state index in [9.17, 15) is 0 Å². The molecular weight excluding hydrogens is 334 g/mol. The Morgan fingerprint density at radius 2 is 2.00 bits per heavy atom. The topological polar surface area (TPSA) is 30.5 Å². The minimum atomic E-state index is -0.304. The fourth-order valence-electron chi connectivity index (χ4n) is 4.00. The first-order valence-electron chi connectivity index (χ1n) is 9.37. The SMILES string of the molecule is CC1C2CONC2(c2ccc(CCC(C)(C)C)c(Cl)c2)COC1(C)C. The molecule has 2 saturated heterocycles. The van der Waals surface area contributed by atoms with Crippen LogP contribution in [0.1, 0.15) is 59.1 Å². The van der Waals surface area contributed by atoms with Gasteiger partial charge < -0.3 is 9.57 Å². The van der Waals surface area contributed by atoms with Crippen molar-refractivity contribution >= 4 is 11.6 Å². The maximum Gasteiger partial charge on any atom is 0.0968 e. The van der Waals surface area contributed by atoms with E-state index in [1.807, 2.05) is 0 Å². The molecule has 2 aliphatic heterocycles. The summed E-state index contributed by atoms with van der Waals surface area (Å²) in [7, 11) is 0. The predicted octanol–water partition coefficient (Wildman–Crippen LogP) is 5.11. The second-order valence-corrected chi connectivity index (χ2v) is 9.95. The van der Waals surface area contributed by atoms with Crippen LogP contribution in [0.15, 0.2) is 18.2 Å². The first-order chi connectivity index (χ1) is 11.6. The van der Waals surface area contributed by atoms with Crippen LogP contribution < -0.4 is 5.48 Å². The highest BCUT2D eigenvalue weighted by molar-refractivity contribution is 6.31. The lowest BCUT2D eigenvalue weighted by atomic mass is 9.67. The molecule has 0 aliphatic carbocycles. The molecule has 4 heteroatoms. The molecule has 1 aromatic carbocycles. The zero-order valence-corrected chi connectivity index (χ0v) is 17.2. The number of hydroxylamine groups is 1. The molecule has 1 aromatic rings. The van der Waals surface area contributed by atoms with E-state index in [4.69, 9.17) is 21.2 Å². The summed E-state index contributed by atoms with van der Waals surface area (Å²) in [5.41, 5.74) is 5.53. The van der Waals surface area contributed by atoms with E-state index in [1.54, 1.807) is 0 Å². The van der Waals surface area contributed by atoms with Gasteiger partial charge in [-0.25, -0.2) is 0 Å². The summed E-state index contributed by atoms with van der Waals surface area (Å²) in [6.45, 7) is 14.7. The lowest BCUT2D eigenvalue weighted by Crippen LogP contribution is -2.58. The summed E-state index contributed by atoms with van der Waals surface area (Å²) < 4.78 is 6.23. The summed E-state index contributed by atoms with van der Waals surface area (Å²) in [6.07, 6.45) is 2.12. The van der Waals surface area contributed by atoms with Gasteiger partial charge in [-0.2, -0.15) is 5.48 Å². The van der Waals surface area contributed by atoms with Crippen LogP contribution in [0.5, 0.6) is 0 Å². The summed E-state index contributed by atoms with van der Waals surface area (Å²) in [4.78, 5) is 5.70. The zero-order chi connectivity index (χ0) is 18.5. The summed E-state index contributed by atoms with van der Waals surface area (Å²) in [5.74, 6) is 0.753. The fraction of sp³-hybridized carbons (Fsp3) is 0.714. The van der Waals surface area contributed by atoms with Crippen LogP contribution in [0.4, 0.5) is 0 Å². The minimum Gasteiger partial charge on any atom is -0.373 e. The second kappa shape index (κ2) is 6.53. The second-order valence-electron chi connectivity index (χ2n) is 9.54. The molecule has 1 N–H and O–H groups in total. The Balaban J connectivity index is 1.87. The molecule has 2 aliphatic rings. The van der Waals surface area contributed by atoms with Crippen molar-refractivity contribution in [3.05, 3.63) is 34.3 Å². The van der Waals surface area contributed by atoms with Crippen molar-refractivity contribution in [2.75, 3.05) is 13.2 Å². The zero-order valence-electron chi connectivity index (χ0n) is 16.4. The number of aryl methyl sites for hydroxylation is 1. The number of hydrogen-bond donors (Lipinski definition) is 1. The number of benzene rings is 1. The molecule has 3 nitrogen and oxygen atoms in total. The standard InChI is InChI=1S/C21H32ClNO2/c1-14-17-12-25-23-21(17,13-24-20(14,5)6)16-8-7-15(18(22)11-16)9-10-19(2,3)4/h7-8,11,14,17,23H,9-10,12-13H2,1-6H3. The molecule has 0 amide bonds. The summed E-state index contributed by atoms with van der Waals surface area (Å²) in [5, 5.41) is 0.848. The van der Waals surface area contributed by atoms with E-state index in [-0.39, 0.29) is 11.1 Å². The number of ether oxygens (including phenoxy) is 1. The first-order valence-corrected chi connectivity index (χ1v) is 9.75. The Bertz CT molecular complexity index is 637. The Morgan fingerprint density at radius 1 is 1.28 bits per heavy atom. The van der Waals surface area contributed by atoms with Crippen LogP contribution in [0.2, 0.25) is 5.02 Å². The van der Waals surface area contributed by atoms with E-state index >= 15 is 0 Å². The quantitative estimate of drug-likeness (QED) is 0.807. The van der Waals surface area contributed by atoms with E-state index in [1.165, 1.54) is 11.1 Å². The first kappa shape index (κ1) is 19.2. The Morgan fingerprint density at radius 3 is 2.64 bits per heavy atom. The van der Waals surface area contributed by atoms with Crippen molar-refractivity contribution in [1.82, 2.24) is 5.48 Å². The molecule has 0 saturated carbocycles. The number of halogens is 1. The highest BCUT2D eigenvalue weighted by Gasteiger charge is 2.56. The lowest BCUT2D eigenvalue weighted by molar-refractivity contribution is -0.151. The monoisotopic (exact) mass is 365 g/mol. The summed E-state index contributed by atoms with van der Waals surface area (Å²) in [6, 6.07) is 6.50. The Kier molecular flexibility index (Phi) is 5.00. The van der Waals surface area contributed by atoms with Crippen molar-refractivity contribution in [2.24, 2.45) is 17.3 Å². The van der Waals surface area contributed by atoms with Crippen molar-refractivity contribution in [2.45, 2.75) is 65.5 Å². The van der Waals surface area contributed by atoms with Gasteiger partial charge in [0.15, 0.2) is 0 Å². The van der Waals surface area contributed by atoms with Crippen LogP contribution >= 0.6 is 11.6 Å². The molecular formula is C21H32ClNO2. The molecule has 2 fully saturated rings. The third-order valence-electron chi connectivity index (χ3n) is 6.23. The lowest BCUT2D eigenvalue weighted by Gasteiger charge is -2.49. The van der Waals surface area contributed by atoms with Crippen molar-refractivity contribution < 1.29 is 9.57 Å². The van der Waals surface area contributed by atoms with Crippen molar-refractivity contribution in [3.8, 4) is 0 Å². The fourth-order valence-corrected chi connectivity index (χ4v) is 4.27. The van der Waals surface area contributed by atoms with Crippen molar-refractivity contribution in [1.29, 1.82) is 0 Å².